The summed E-state index contributed by atoms with van der Waals surface area (Å²) in [6.07, 6.45) is -0.720. The Morgan fingerprint density at radius 3 is 2.68 bits per heavy atom. The second-order valence-corrected chi connectivity index (χ2v) is 4.07. The number of benzene rings is 1. The van der Waals surface area contributed by atoms with E-state index in [-0.39, 0.29) is 19.7 Å². The Kier molecular flexibility index (Phi) is 6.17. The number of nitrogens with zero attached hydrogens (tertiary/aromatic N) is 1. The molecule has 0 heterocycles. The lowest BCUT2D eigenvalue weighted by Crippen LogP contribution is -2.43. The minimum Gasteiger partial charge on any atom is -0.449 e. The lowest BCUT2D eigenvalue weighted by Gasteiger charge is -2.20. The number of thiol groups is 1. The van der Waals surface area contributed by atoms with Crippen LogP contribution < -0.4 is 11.1 Å². The highest BCUT2D eigenvalue weighted by atomic mass is 32.1. The van der Waals surface area contributed by atoms with E-state index in [0.29, 0.717) is 10.6 Å². The Morgan fingerprint density at radius 2 is 2.11 bits per heavy atom. The van der Waals surface area contributed by atoms with Gasteiger partial charge in [-0.3, -0.25) is 0 Å². The molecule has 0 fully saturated rings. The summed E-state index contributed by atoms with van der Waals surface area (Å²) in [6.45, 7) is 2.10. The van der Waals surface area contributed by atoms with Crippen LogP contribution in [0.2, 0.25) is 0 Å². The summed E-state index contributed by atoms with van der Waals surface area (Å²) in [6, 6.07) is 6.38. The zero-order valence-corrected chi connectivity index (χ0v) is 11.5. The van der Waals surface area contributed by atoms with Crippen LogP contribution in [0.25, 0.3) is 0 Å². The van der Waals surface area contributed by atoms with Crippen LogP contribution in [-0.2, 0) is 4.74 Å². The number of para-hydroxylation sites is 1. The lowest BCUT2D eigenvalue weighted by atomic mass is 10.3. The molecule has 7 heteroatoms. The Labute approximate surface area is 117 Å². The summed E-state index contributed by atoms with van der Waals surface area (Å²) in [7, 11) is 0. The number of carbonyl (C=O) groups is 2. The highest BCUT2D eigenvalue weighted by Gasteiger charge is 2.22. The molecule has 0 bridgehead atoms. The number of anilines is 1. The van der Waals surface area contributed by atoms with Crippen molar-refractivity contribution >= 4 is 30.4 Å². The molecule has 0 atom stereocenters. The zero-order valence-electron chi connectivity index (χ0n) is 10.6. The van der Waals surface area contributed by atoms with Gasteiger partial charge >= 0.3 is 12.1 Å². The molecule has 0 aliphatic heterocycles. The van der Waals surface area contributed by atoms with E-state index in [2.05, 4.69) is 17.9 Å². The van der Waals surface area contributed by atoms with Gasteiger partial charge in [-0.2, -0.15) is 0 Å². The SMILES string of the molecule is CCOC(=O)N(CCN)C(=O)Nc1ccccc1S. The second-order valence-electron chi connectivity index (χ2n) is 3.59. The van der Waals surface area contributed by atoms with E-state index in [1.54, 1.807) is 31.2 Å². The van der Waals surface area contributed by atoms with Gasteiger partial charge in [0.1, 0.15) is 0 Å². The molecule has 3 amide bonds. The maximum Gasteiger partial charge on any atom is 0.418 e. The van der Waals surface area contributed by atoms with Gasteiger partial charge in [0.15, 0.2) is 0 Å². The van der Waals surface area contributed by atoms with E-state index < -0.39 is 12.1 Å². The van der Waals surface area contributed by atoms with Crippen LogP contribution in [0.5, 0.6) is 0 Å². The first-order valence-corrected chi connectivity index (χ1v) is 6.28. The fraction of sp³-hybridized carbons (Fsp3) is 0.333. The zero-order chi connectivity index (χ0) is 14.3. The molecule has 0 radical (unpaired) electrons. The molecular formula is C12H17N3O3S. The van der Waals surface area contributed by atoms with Gasteiger partial charge in [0, 0.05) is 18.0 Å². The Morgan fingerprint density at radius 1 is 1.42 bits per heavy atom. The van der Waals surface area contributed by atoms with Crippen LogP contribution in [0.3, 0.4) is 0 Å². The van der Waals surface area contributed by atoms with Gasteiger partial charge in [0.2, 0.25) is 0 Å². The molecule has 0 aliphatic carbocycles. The maximum absolute atomic E-state index is 12.0. The van der Waals surface area contributed by atoms with Gasteiger partial charge in [-0.25, -0.2) is 14.5 Å². The summed E-state index contributed by atoms with van der Waals surface area (Å²) < 4.78 is 4.80. The van der Waals surface area contributed by atoms with Gasteiger partial charge < -0.3 is 15.8 Å². The lowest BCUT2D eigenvalue weighted by molar-refractivity contribution is 0.118. The number of imide groups is 1. The van der Waals surface area contributed by atoms with Crippen LogP contribution in [-0.4, -0.2) is 36.7 Å². The van der Waals surface area contributed by atoms with Crippen molar-refractivity contribution in [2.24, 2.45) is 5.73 Å². The summed E-state index contributed by atoms with van der Waals surface area (Å²) in [4.78, 5) is 25.1. The molecule has 0 aromatic heterocycles. The Hall–Kier alpha value is -1.73. The number of rotatable bonds is 4. The number of hydrogen-bond donors (Lipinski definition) is 3. The Bertz CT molecular complexity index is 454. The van der Waals surface area contributed by atoms with Gasteiger partial charge in [0.05, 0.1) is 12.3 Å². The first-order chi connectivity index (χ1) is 9.10. The highest BCUT2D eigenvalue weighted by Crippen LogP contribution is 2.19. The van der Waals surface area contributed by atoms with E-state index in [4.69, 9.17) is 10.5 Å². The number of nitrogens with two attached hydrogens (primary N) is 1. The van der Waals surface area contributed by atoms with Gasteiger partial charge in [-0.1, -0.05) is 12.1 Å². The third-order valence-electron chi connectivity index (χ3n) is 2.23. The molecule has 19 heavy (non-hydrogen) atoms. The highest BCUT2D eigenvalue weighted by molar-refractivity contribution is 7.80. The van der Waals surface area contributed by atoms with E-state index in [9.17, 15) is 9.59 Å². The molecule has 0 spiro atoms. The topological polar surface area (TPSA) is 84.7 Å². The van der Waals surface area contributed by atoms with Crippen molar-refractivity contribution in [2.45, 2.75) is 11.8 Å². The minimum absolute atomic E-state index is 0.0827. The second kappa shape index (κ2) is 7.65. The average Bonchev–Trinajstić information content (AvgIpc) is 2.38. The molecule has 1 aromatic rings. The predicted octanol–water partition coefficient (Wildman–Crippen LogP) is 1.92. The van der Waals surface area contributed by atoms with Gasteiger partial charge in [0.25, 0.3) is 0 Å². The fourth-order valence-corrected chi connectivity index (χ4v) is 1.58. The van der Waals surface area contributed by atoms with Crippen molar-refractivity contribution in [2.75, 3.05) is 25.0 Å². The number of ether oxygens (including phenoxy) is 1. The van der Waals surface area contributed by atoms with Crippen molar-refractivity contribution < 1.29 is 14.3 Å². The number of nitrogens with one attached hydrogen (secondary N) is 1. The molecule has 3 N–H and O–H groups in total. The summed E-state index contributed by atoms with van der Waals surface area (Å²) in [5.74, 6) is 0. The van der Waals surface area contributed by atoms with Crippen molar-refractivity contribution in [3.63, 3.8) is 0 Å². The molecule has 1 rings (SSSR count). The van der Waals surface area contributed by atoms with Gasteiger partial charge in [-0.15, -0.1) is 12.6 Å². The summed E-state index contributed by atoms with van der Waals surface area (Å²) >= 11 is 4.21. The first-order valence-electron chi connectivity index (χ1n) is 5.83. The quantitative estimate of drug-likeness (QED) is 0.737. The van der Waals surface area contributed by atoms with Crippen molar-refractivity contribution in [3.05, 3.63) is 24.3 Å². The largest absolute Gasteiger partial charge is 0.449 e. The molecule has 0 saturated carbocycles. The summed E-state index contributed by atoms with van der Waals surface area (Å²) in [5, 5.41) is 2.59. The molecule has 0 unspecified atom stereocenters. The third kappa shape index (κ3) is 4.46. The van der Waals surface area contributed by atoms with Crippen LogP contribution in [0, 0.1) is 0 Å². The van der Waals surface area contributed by atoms with Crippen molar-refractivity contribution in [1.29, 1.82) is 0 Å². The standard InChI is InChI=1S/C12H17N3O3S/c1-2-18-12(17)15(8-7-13)11(16)14-9-5-3-4-6-10(9)19/h3-6,19H,2,7-8,13H2,1H3,(H,14,16). The third-order valence-corrected chi connectivity index (χ3v) is 2.62. The van der Waals surface area contributed by atoms with Crippen LogP contribution in [0.4, 0.5) is 15.3 Å². The molecule has 0 saturated heterocycles. The van der Waals surface area contributed by atoms with Crippen molar-refractivity contribution in [3.8, 4) is 0 Å². The predicted molar refractivity (Wildman–Crippen MR) is 75.5 cm³/mol. The number of urea groups is 1. The van der Waals surface area contributed by atoms with Crippen LogP contribution >= 0.6 is 12.6 Å². The van der Waals surface area contributed by atoms with Crippen LogP contribution in [0.1, 0.15) is 6.92 Å². The van der Waals surface area contributed by atoms with Gasteiger partial charge in [-0.05, 0) is 19.1 Å². The average molecular weight is 283 g/mol. The molecule has 104 valence electrons. The normalized spacial score (nSPS) is 9.84. The molecule has 0 aliphatic rings. The van der Waals surface area contributed by atoms with E-state index in [0.717, 1.165) is 4.90 Å². The number of amides is 3. The fourth-order valence-electron chi connectivity index (χ4n) is 1.37. The molecular weight excluding hydrogens is 266 g/mol. The number of hydrogen-bond acceptors (Lipinski definition) is 5. The van der Waals surface area contributed by atoms with Crippen molar-refractivity contribution in [1.82, 2.24) is 4.90 Å². The van der Waals surface area contributed by atoms with Crippen LogP contribution in [0.15, 0.2) is 29.2 Å². The number of carbonyl (C=O) groups excluding carboxylic acids is 2. The van der Waals surface area contributed by atoms with E-state index in [1.165, 1.54) is 0 Å². The summed E-state index contributed by atoms with van der Waals surface area (Å²) in [5.41, 5.74) is 5.90. The van der Waals surface area contributed by atoms with E-state index >= 15 is 0 Å². The molecule has 1 aromatic carbocycles. The monoisotopic (exact) mass is 283 g/mol. The molecule has 6 nitrogen and oxygen atoms in total. The Balaban J connectivity index is 2.77. The first kappa shape index (κ1) is 15.3. The smallest absolute Gasteiger partial charge is 0.418 e. The maximum atomic E-state index is 12.0. The minimum atomic E-state index is -0.720. The van der Waals surface area contributed by atoms with E-state index in [1.807, 2.05) is 0 Å².